The molecule has 0 aliphatic heterocycles. The Morgan fingerprint density at radius 2 is 2.06 bits per heavy atom. The van der Waals surface area contributed by atoms with E-state index in [2.05, 4.69) is 14.7 Å². The molecule has 1 unspecified atom stereocenters. The van der Waals surface area contributed by atoms with Crippen molar-refractivity contribution in [2.45, 2.75) is 25.1 Å². The number of hydrogen-bond donors (Lipinski definition) is 1. The van der Waals surface area contributed by atoms with E-state index in [-0.39, 0.29) is 12.4 Å². The normalized spacial score (nSPS) is 16.1. The smallest absolute Gasteiger partial charge is 0.382 e. The highest BCUT2D eigenvalue weighted by molar-refractivity contribution is 5.02. The number of nitrogens with zero attached hydrogens (tertiary/aromatic N) is 2. The van der Waals surface area contributed by atoms with Crippen molar-refractivity contribution in [2.24, 2.45) is 5.73 Å². The van der Waals surface area contributed by atoms with Crippen LogP contribution in [0.25, 0.3) is 0 Å². The Morgan fingerprint density at radius 3 is 2.56 bits per heavy atom. The summed E-state index contributed by atoms with van der Waals surface area (Å²) in [7, 11) is 1.42. The summed E-state index contributed by atoms with van der Waals surface area (Å²) in [5, 5.41) is 3.40. The van der Waals surface area contributed by atoms with Gasteiger partial charge in [0.15, 0.2) is 5.82 Å². The second kappa shape index (κ2) is 4.38. The SMILES string of the molecule is COCC(C)(N)c1noc(CC(F)(F)F)n1. The molecule has 1 atom stereocenters. The highest BCUT2D eigenvalue weighted by atomic mass is 19.4. The van der Waals surface area contributed by atoms with Crippen molar-refractivity contribution in [2.75, 3.05) is 13.7 Å². The summed E-state index contributed by atoms with van der Waals surface area (Å²) >= 11 is 0. The molecule has 1 aromatic heterocycles. The molecular formula is C8H12F3N3O2. The fourth-order valence-corrected chi connectivity index (χ4v) is 1.09. The maximum absolute atomic E-state index is 12.0. The summed E-state index contributed by atoms with van der Waals surface area (Å²) in [6, 6.07) is 0. The average molecular weight is 239 g/mol. The van der Waals surface area contributed by atoms with Crippen LogP contribution in [0.4, 0.5) is 13.2 Å². The van der Waals surface area contributed by atoms with Gasteiger partial charge in [-0.1, -0.05) is 5.16 Å². The highest BCUT2D eigenvalue weighted by Gasteiger charge is 2.33. The molecule has 0 saturated heterocycles. The Bertz CT molecular complexity index is 349. The lowest BCUT2D eigenvalue weighted by Gasteiger charge is -2.18. The lowest BCUT2D eigenvalue weighted by atomic mass is 10.1. The summed E-state index contributed by atoms with van der Waals surface area (Å²) in [6.07, 6.45) is -5.64. The molecular weight excluding hydrogens is 227 g/mol. The molecule has 0 spiro atoms. The first-order chi connectivity index (χ1) is 7.24. The van der Waals surface area contributed by atoms with Gasteiger partial charge in [-0.2, -0.15) is 18.2 Å². The van der Waals surface area contributed by atoms with Gasteiger partial charge in [-0.25, -0.2) is 0 Å². The van der Waals surface area contributed by atoms with Crippen molar-refractivity contribution in [1.82, 2.24) is 10.1 Å². The predicted molar refractivity (Wildman–Crippen MR) is 47.5 cm³/mol. The fraction of sp³-hybridized carbons (Fsp3) is 0.750. The third-order valence-electron chi connectivity index (χ3n) is 1.77. The summed E-state index contributed by atoms with van der Waals surface area (Å²) in [4.78, 5) is 3.58. The van der Waals surface area contributed by atoms with E-state index in [1.165, 1.54) is 7.11 Å². The molecule has 1 aromatic rings. The van der Waals surface area contributed by atoms with Crippen LogP contribution < -0.4 is 5.73 Å². The van der Waals surface area contributed by atoms with E-state index < -0.39 is 24.0 Å². The molecule has 0 aliphatic carbocycles. The summed E-state index contributed by atoms with van der Waals surface area (Å²) < 4.78 is 45.3. The van der Waals surface area contributed by atoms with Crippen molar-refractivity contribution in [3.8, 4) is 0 Å². The number of nitrogens with two attached hydrogens (primary N) is 1. The number of methoxy groups -OCH3 is 1. The van der Waals surface area contributed by atoms with E-state index in [1.54, 1.807) is 6.92 Å². The predicted octanol–water partition coefficient (Wildman–Crippen LogP) is 0.995. The topological polar surface area (TPSA) is 74.2 Å². The van der Waals surface area contributed by atoms with Crippen molar-refractivity contribution in [3.05, 3.63) is 11.7 Å². The number of rotatable bonds is 4. The minimum absolute atomic E-state index is 0.00593. The molecule has 0 fully saturated rings. The van der Waals surface area contributed by atoms with Crippen molar-refractivity contribution in [1.29, 1.82) is 0 Å². The largest absolute Gasteiger partial charge is 0.397 e. The van der Waals surface area contributed by atoms with Crippen LogP contribution in [0.2, 0.25) is 0 Å². The quantitative estimate of drug-likeness (QED) is 0.848. The third kappa shape index (κ3) is 3.46. The Hall–Kier alpha value is -1.15. The summed E-state index contributed by atoms with van der Waals surface area (Å²) in [5.74, 6) is -0.510. The molecule has 0 aliphatic rings. The van der Waals surface area contributed by atoms with Gasteiger partial charge in [-0.05, 0) is 6.92 Å². The molecule has 5 nitrogen and oxygen atoms in total. The highest BCUT2D eigenvalue weighted by Crippen LogP contribution is 2.22. The molecule has 92 valence electrons. The van der Waals surface area contributed by atoms with E-state index in [0.717, 1.165) is 0 Å². The molecule has 0 amide bonds. The van der Waals surface area contributed by atoms with Gasteiger partial charge in [0, 0.05) is 7.11 Å². The van der Waals surface area contributed by atoms with Crippen molar-refractivity contribution in [3.63, 3.8) is 0 Å². The van der Waals surface area contributed by atoms with Crippen LogP contribution in [-0.2, 0) is 16.7 Å². The summed E-state index contributed by atoms with van der Waals surface area (Å²) in [5.41, 5.74) is 4.67. The number of ether oxygens (including phenoxy) is 1. The van der Waals surface area contributed by atoms with Crippen LogP contribution in [-0.4, -0.2) is 30.0 Å². The van der Waals surface area contributed by atoms with Gasteiger partial charge in [0.2, 0.25) is 5.89 Å². The van der Waals surface area contributed by atoms with Gasteiger partial charge >= 0.3 is 6.18 Å². The Labute approximate surface area is 89.8 Å². The average Bonchev–Trinajstić information content (AvgIpc) is 2.49. The zero-order chi connectivity index (χ0) is 12.4. The number of hydrogen-bond acceptors (Lipinski definition) is 5. The molecule has 2 N–H and O–H groups in total. The van der Waals surface area contributed by atoms with E-state index >= 15 is 0 Å². The Balaban J connectivity index is 2.79. The van der Waals surface area contributed by atoms with Crippen LogP contribution >= 0.6 is 0 Å². The van der Waals surface area contributed by atoms with Gasteiger partial charge in [-0.3, -0.25) is 0 Å². The molecule has 1 heterocycles. The van der Waals surface area contributed by atoms with Gasteiger partial charge in [0.1, 0.15) is 12.0 Å². The molecule has 0 saturated carbocycles. The van der Waals surface area contributed by atoms with Crippen LogP contribution in [0.15, 0.2) is 4.52 Å². The van der Waals surface area contributed by atoms with Gasteiger partial charge in [0.25, 0.3) is 0 Å². The lowest BCUT2D eigenvalue weighted by Crippen LogP contribution is -2.39. The zero-order valence-electron chi connectivity index (χ0n) is 8.84. The van der Waals surface area contributed by atoms with Gasteiger partial charge in [0.05, 0.1) is 6.61 Å². The van der Waals surface area contributed by atoms with Crippen molar-refractivity contribution < 1.29 is 22.4 Å². The second-order valence-electron chi connectivity index (χ2n) is 3.65. The first kappa shape index (κ1) is 12.9. The number of aromatic nitrogens is 2. The van der Waals surface area contributed by atoms with Gasteiger partial charge in [-0.15, -0.1) is 0 Å². The van der Waals surface area contributed by atoms with E-state index in [1.807, 2.05) is 0 Å². The van der Waals surface area contributed by atoms with Crippen LogP contribution in [0.3, 0.4) is 0 Å². The van der Waals surface area contributed by atoms with E-state index in [4.69, 9.17) is 10.5 Å². The molecule has 0 aromatic carbocycles. The Morgan fingerprint density at radius 1 is 1.44 bits per heavy atom. The van der Waals surface area contributed by atoms with Gasteiger partial charge < -0.3 is 15.0 Å². The number of halogens is 3. The minimum atomic E-state index is -4.38. The van der Waals surface area contributed by atoms with E-state index in [0.29, 0.717) is 0 Å². The molecule has 16 heavy (non-hydrogen) atoms. The minimum Gasteiger partial charge on any atom is -0.382 e. The Kier molecular flexibility index (Phi) is 3.54. The lowest BCUT2D eigenvalue weighted by molar-refractivity contribution is -0.131. The molecule has 0 bridgehead atoms. The fourth-order valence-electron chi connectivity index (χ4n) is 1.09. The molecule has 0 radical (unpaired) electrons. The first-order valence-electron chi connectivity index (χ1n) is 4.42. The van der Waals surface area contributed by atoms with Crippen LogP contribution in [0.1, 0.15) is 18.6 Å². The van der Waals surface area contributed by atoms with Crippen LogP contribution in [0.5, 0.6) is 0 Å². The second-order valence-corrected chi connectivity index (χ2v) is 3.65. The maximum atomic E-state index is 12.0. The van der Waals surface area contributed by atoms with Crippen LogP contribution in [0, 0.1) is 0 Å². The summed E-state index contributed by atoms with van der Waals surface area (Å²) in [6.45, 7) is 1.62. The van der Waals surface area contributed by atoms with E-state index in [9.17, 15) is 13.2 Å². The molecule has 1 rings (SSSR count). The maximum Gasteiger partial charge on any atom is 0.397 e. The first-order valence-corrected chi connectivity index (χ1v) is 4.42. The number of alkyl halides is 3. The zero-order valence-corrected chi connectivity index (χ0v) is 8.84. The monoisotopic (exact) mass is 239 g/mol. The molecule has 8 heteroatoms. The standard InChI is InChI=1S/C8H12F3N3O2/c1-7(12,4-15-2)6-13-5(16-14-6)3-8(9,10)11/h3-4,12H2,1-2H3. The van der Waals surface area contributed by atoms with Crippen molar-refractivity contribution >= 4 is 0 Å². The third-order valence-corrected chi connectivity index (χ3v) is 1.77.